The molecule has 37 heavy (non-hydrogen) atoms. The van der Waals surface area contributed by atoms with Crippen LogP contribution in [0, 0.1) is 0 Å². The van der Waals surface area contributed by atoms with Gasteiger partial charge in [0.15, 0.2) is 5.17 Å². The molecule has 1 heterocycles. The first-order valence-corrected chi connectivity index (χ1v) is 13.6. The van der Waals surface area contributed by atoms with Crippen LogP contribution in [0.4, 0.5) is 11.4 Å². The number of carbonyl (C=O) groups excluding carboxylic acids is 2. The number of anilines is 1. The number of amidine groups is 1. The second kappa shape index (κ2) is 13.0. The number of ether oxygens (including phenoxy) is 1. The van der Waals surface area contributed by atoms with Gasteiger partial charge < -0.3 is 10.1 Å². The lowest BCUT2D eigenvalue weighted by atomic mass is 10.1. The number of carbonyl (C=O) groups is 2. The summed E-state index contributed by atoms with van der Waals surface area (Å²) in [5, 5.41) is 3.97. The zero-order valence-electron chi connectivity index (χ0n) is 20.3. The Morgan fingerprint density at radius 2 is 1.84 bits per heavy atom. The fourth-order valence-corrected chi connectivity index (χ4v) is 5.12. The van der Waals surface area contributed by atoms with Gasteiger partial charge in [0.2, 0.25) is 11.8 Å². The van der Waals surface area contributed by atoms with Crippen molar-refractivity contribution in [3.8, 4) is 5.75 Å². The third-order valence-corrected chi connectivity index (χ3v) is 7.27. The minimum absolute atomic E-state index is 0.0728. The average molecular weight is 557 g/mol. The molecule has 1 saturated heterocycles. The lowest BCUT2D eigenvalue weighted by molar-refractivity contribution is -0.129. The number of nitrogens with one attached hydrogen (secondary N) is 1. The number of benzene rings is 3. The Morgan fingerprint density at radius 3 is 2.54 bits per heavy atom. The first kappa shape index (κ1) is 27.0. The predicted octanol–water partition coefficient (Wildman–Crippen LogP) is 6.99. The Labute approximate surface area is 231 Å². The minimum Gasteiger partial charge on any atom is -0.494 e. The van der Waals surface area contributed by atoms with Crippen molar-refractivity contribution in [3.63, 3.8) is 0 Å². The van der Waals surface area contributed by atoms with E-state index >= 15 is 0 Å². The van der Waals surface area contributed by atoms with Crippen molar-refractivity contribution in [1.29, 1.82) is 0 Å². The Kier molecular flexibility index (Phi) is 9.50. The number of nitrogens with zero attached hydrogens (tertiary/aromatic N) is 2. The van der Waals surface area contributed by atoms with Crippen molar-refractivity contribution in [1.82, 2.24) is 4.90 Å². The van der Waals surface area contributed by atoms with Gasteiger partial charge in [0.25, 0.3) is 0 Å². The van der Waals surface area contributed by atoms with E-state index in [0.29, 0.717) is 46.2 Å². The highest BCUT2D eigenvalue weighted by Gasteiger charge is 2.35. The van der Waals surface area contributed by atoms with E-state index in [1.807, 2.05) is 49.4 Å². The maximum absolute atomic E-state index is 13.2. The van der Waals surface area contributed by atoms with E-state index in [4.69, 9.17) is 32.9 Å². The molecule has 3 aromatic rings. The number of thioether (sulfide) groups is 1. The van der Waals surface area contributed by atoms with Gasteiger partial charge in [-0.1, -0.05) is 60.1 Å². The first-order chi connectivity index (χ1) is 17.9. The molecule has 1 aliphatic rings. The summed E-state index contributed by atoms with van der Waals surface area (Å²) in [6.07, 6.45) is 1.62. The fraction of sp³-hybridized carbons (Fsp3) is 0.250. The minimum atomic E-state index is -0.617. The summed E-state index contributed by atoms with van der Waals surface area (Å²) in [5.41, 5.74) is 2.30. The molecular weight excluding hydrogens is 529 g/mol. The summed E-state index contributed by atoms with van der Waals surface area (Å²) in [4.78, 5) is 32.7. The number of amides is 2. The zero-order valence-corrected chi connectivity index (χ0v) is 22.7. The molecule has 0 saturated carbocycles. The van der Waals surface area contributed by atoms with Crippen LogP contribution >= 0.6 is 35.0 Å². The molecule has 0 aromatic heterocycles. The number of hydrogen-bond donors (Lipinski definition) is 1. The third kappa shape index (κ3) is 7.74. The highest BCUT2D eigenvalue weighted by Crippen LogP contribution is 2.31. The fourth-order valence-electron chi connectivity index (χ4n) is 3.69. The van der Waals surface area contributed by atoms with Crippen molar-refractivity contribution >= 4 is 63.3 Å². The van der Waals surface area contributed by atoms with Gasteiger partial charge in [0.1, 0.15) is 11.0 Å². The Hall–Kier alpha value is -3.00. The van der Waals surface area contributed by atoms with Gasteiger partial charge in [-0.3, -0.25) is 14.5 Å². The molecule has 1 N–H and O–H groups in total. The predicted molar refractivity (Wildman–Crippen MR) is 152 cm³/mol. The summed E-state index contributed by atoms with van der Waals surface area (Å²) >= 11 is 13.4. The molecule has 9 heteroatoms. The van der Waals surface area contributed by atoms with Crippen LogP contribution in [0.25, 0.3) is 0 Å². The second-order valence-corrected chi connectivity index (χ2v) is 10.5. The molecule has 1 atom stereocenters. The van der Waals surface area contributed by atoms with E-state index < -0.39 is 5.25 Å². The Bertz CT molecular complexity index is 1270. The Morgan fingerprint density at radius 1 is 1.08 bits per heavy atom. The smallest absolute Gasteiger partial charge is 0.238 e. The lowest BCUT2D eigenvalue weighted by Gasteiger charge is -2.32. The molecule has 0 bridgehead atoms. The number of hydrogen-bond acceptors (Lipinski definition) is 5. The van der Waals surface area contributed by atoms with E-state index in [9.17, 15) is 9.59 Å². The van der Waals surface area contributed by atoms with Crippen LogP contribution in [0.3, 0.4) is 0 Å². The molecule has 2 amide bonds. The van der Waals surface area contributed by atoms with Gasteiger partial charge in [-0.15, -0.1) is 0 Å². The van der Waals surface area contributed by atoms with Crippen LogP contribution in [0.15, 0.2) is 77.8 Å². The average Bonchev–Trinajstić information content (AvgIpc) is 2.88. The van der Waals surface area contributed by atoms with Crippen molar-refractivity contribution < 1.29 is 14.3 Å². The van der Waals surface area contributed by atoms with Crippen LogP contribution in [-0.4, -0.2) is 40.3 Å². The standard InChI is InChI=1S/C28H27Cl2N3O3S/c1-2-16-36-24-12-10-22(11-13-24)31-27(35)25-18-26(34)33(15-14-19-6-8-20(29)9-7-19)28(37-25)32-23-5-3-4-21(30)17-23/h3-13,17,25H,2,14-16,18H2,1H3,(H,31,35). The molecule has 192 valence electrons. The van der Waals surface area contributed by atoms with Crippen LogP contribution in [0.1, 0.15) is 25.3 Å². The zero-order chi connectivity index (χ0) is 26.2. The summed E-state index contributed by atoms with van der Waals surface area (Å²) in [6.45, 7) is 3.11. The van der Waals surface area contributed by atoms with E-state index in [1.54, 1.807) is 35.2 Å². The second-order valence-electron chi connectivity index (χ2n) is 8.47. The maximum atomic E-state index is 13.2. The van der Waals surface area contributed by atoms with Gasteiger partial charge in [-0.25, -0.2) is 4.99 Å². The van der Waals surface area contributed by atoms with Gasteiger partial charge in [0.05, 0.1) is 12.3 Å². The molecule has 3 aromatic carbocycles. The van der Waals surface area contributed by atoms with Crippen LogP contribution in [-0.2, 0) is 16.0 Å². The number of aliphatic imine (C=N–C) groups is 1. The van der Waals surface area contributed by atoms with Gasteiger partial charge in [-0.2, -0.15) is 0 Å². The molecule has 4 rings (SSSR count). The molecule has 0 radical (unpaired) electrons. The normalized spacial score (nSPS) is 16.6. The van der Waals surface area contributed by atoms with Crippen molar-refractivity contribution in [2.75, 3.05) is 18.5 Å². The quantitative estimate of drug-likeness (QED) is 0.309. The van der Waals surface area contributed by atoms with E-state index in [2.05, 4.69) is 5.32 Å². The largest absolute Gasteiger partial charge is 0.494 e. The molecule has 6 nitrogen and oxygen atoms in total. The molecular formula is C28H27Cl2N3O3S. The summed E-state index contributed by atoms with van der Waals surface area (Å²) in [7, 11) is 0. The monoisotopic (exact) mass is 555 g/mol. The summed E-state index contributed by atoms with van der Waals surface area (Å²) in [6, 6.07) is 21.8. The summed E-state index contributed by atoms with van der Waals surface area (Å²) in [5.74, 6) is 0.336. The van der Waals surface area contributed by atoms with Crippen molar-refractivity contribution in [2.24, 2.45) is 4.99 Å². The lowest BCUT2D eigenvalue weighted by Crippen LogP contribution is -2.46. The number of rotatable bonds is 9. The van der Waals surface area contributed by atoms with Crippen LogP contribution in [0.2, 0.25) is 10.0 Å². The highest BCUT2D eigenvalue weighted by atomic mass is 35.5. The van der Waals surface area contributed by atoms with Gasteiger partial charge in [-0.05, 0) is 73.0 Å². The summed E-state index contributed by atoms with van der Waals surface area (Å²) < 4.78 is 5.60. The molecule has 1 unspecified atom stereocenters. The SMILES string of the molecule is CCCOc1ccc(NC(=O)C2CC(=O)N(CCc3ccc(Cl)cc3)C(=Nc3cccc(Cl)c3)S2)cc1. The molecule has 1 aliphatic heterocycles. The maximum Gasteiger partial charge on any atom is 0.238 e. The van der Waals surface area contributed by atoms with Gasteiger partial charge in [0, 0.05) is 28.7 Å². The van der Waals surface area contributed by atoms with Crippen molar-refractivity contribution in [3.05, 3.63) is 88.4 Å². The van der Waals surface area contributed by atoms with E-state index in [0.717, 1.165) is 17.7 Å². The molecule has 1 fully saturated rings. The molecule has 0 aliphatic carbocycles. The topological polar surface area (TPSA) is 71.0 Å². The Balaban J connectivity index is 1.50. The van der Waals surface area contributed by atoms with Gasteiger partial charge >= 0.3 is 0 Å². The highest BCUT2D eigenvalue weighted by molar-refractivity contribution is 8.15. The van der Waals surface area contributed by atoms with Crippen molar-refractivity contribution in [2.45, 2.75) is 31.4 Å². The third-order valence-electron chi connectivity index (χ3n) is 5.60. The number of halogens is 2. The van der Waals surface area contributed by atoms with Crippen LogP contribution < -0.4 is 10.1 Å². The van der Waals surface area contributed by atoms with Crippen LogP contribution in [0.5, 0.6) is 5.75 Å². The van der Waals surface area contributed by atoms with E-state index in [-0.39, 0.29) is 18.2 Å². The first-order valence-electron chi connectivity index (χ1n) is 12.0. The van der Waals surface area contributed by atoms with E-state index in [1.165, 1.54) is 11.8 Å². The molecule has 0 spiro atoms.